The molecule has 0 saturated carbocycles. The maximum absolute atomic E-state index is 14.7. The minimum Gasteiger partial charge on any atom is -0.451 e. The van der Waals surface area contributed by atoms with E-state index in [1.54, 1.807) is 31.2 Å². The minimum absolute atomic E-state index is 0.0409. The highest BCUT2D eigenvalue weighted by molar-refractivity contribution is 5.96. The molecule has 2 aromatic rings. The maximum Gasteiger partial charge on any atom is 0.329 e. The van der Waals surface area contributed by atoms with Crippen LogP contribution in [0.2, 0.25) is 0 Å². The van der Waals surface area contributed by atoms with E-state index in [1.807, 2.05) is 92.6 Å². The molecule has 4 amide bonds. The van der Waals surface area contributed by atoms with Crippen molar-refractivity contribution in [2.24, 2.45) is 29.6 Å². The summed E-state index contributed by atoms with van der Waals surface area (Å²) < 4.78 is 18.1. The van der Waals surface area contributed by atoms with E-state index < -0.39 is 95.7 Å². The number of esters is 3. The van der Waals surface area contributed by atoms with Gasteiger partial charge in [0.05, 0.1) is 6.04 Å². The zero-order chi connectivity index (χ0) is 52.0. The van der Waals surface area contributed by atoms with E-state index in [2.05, 4.69) is 0 Å². The monoisotopic (exact) mass is 961 g/mol. The first-order valence-corrected chi connectivity index (χ1v) is 24.5. The molecule has 0 bridgehead atoms. The fourth-order valence-corrected chi connectivity index (χ4v) is 8.62. The number of carbonyl (C=O) groups excluding carboxylic acids is 8. The first-order valence-electron chi connectivity index (χ1n) is 24.5. The fraction of sp³-hybridized carbons (Fsp3) is 0.630. The van der Waals surface area contributed by atoms with Crippen molar-refractivity contribution in [3.63, 3.8) is 0 Å². The second-order valence-corrected chi connectivity index (χ2v) is 20.8. The maximum atomic E-state index is 14.7. The zero-order valence-electron chi connectivity index (χ0n) is 43.9. The summed E-state index contributed by atoms with van der Waals surface area (Å²) in [7, 11) is 5.77. The van der Waals surface area contributed by atoms with Crippen molar-refractivity contribution in [3.05, 3.63) is 71.3 Å². The Hall–Kier alpha value is -5.60. The topological polar surface area (TPSA) is 177 Å². The number of ketones is 1. The number of benzene rings is 2. The third kappa shape index (κ3) is 16.8. The summed E-state index contributed by atoms with van der Waals surface area (Å²) in [6, 6.07) is 11.7. The molecule has 0 N–H and O–H groups in total. The third-order valence-electron chi connectivity index (χ3n) is 12.7. The van der Waals surface area contributed by atoms with Gasteiger partial charge in [-0.15, -0.1) is 0 Å². The van der Waals surface area contributed by atoms with Crippen LogP contribution in [0.5, 0.6) is 0 Å². The largest absolute Gasteiger partial charge is 0.451 e. The van der Waals surface area contributed by atoms with Gasteiger partial charge in [0.25, 0.3) is 17.7 Å². The summed E-state index contributed by atoms with van der Waals surface area (Å²) in [5, 5.41) is 0. The highest BCUT2D eigenvalue weighted by Gasteiger charge is 2.42. The quantitative estimate of drug-likeness (QED) is 0.165. The lowest BCUT2D eigenvalue weighted by Gasteiger charge is -2.35. The first kappa shape index (κ1) is 57.7. The number of amides is 4. The number of hydrogen-bond donors (Lipinski definition) is 0. The molecule has 2 aromatic carbocycles. The van der Waals surface area contributed by atoms with Crippen molar-refractivity contribution in [3.8, 4) is 0 Å². The smallest absolute Gasteiger partial charge is 0.329 e. The van der Waals surface area contributed by atoms with Crippen LogP contribution < -0.4 is 0 Å². The van der Waals surface area contributed by atoms with Crippen LogP contribution in [-0.2, 0) is 65.4 Å². The predicted molar refractivity (Wildman–Crippen MR) is 263 cm³/mol. The molecule has 0 spiro atoms. The number of rotatable bonds is 12. The first-order chi connectivity index (χ1) is 32.2. The molecule has 1 heterocycles. The van der Waals surface area contributed by atoms with E-state index in [4.69, 9.17) is 14.2 Å². The van der Waals surface area contributed by atoms with Gasteiger partial charge in [-0.05, 0) is 74.3 Å². The van der Waals surface area contributed by atoms with Gasteiger partial charge in [-0.25, -0.2) is 14.4 Å². The van der Waals surface area contributed by atoms with E-state index in [9.17, 15) is 38.4 Å². The van der Waals surface area contributed by atoms with E-state index >= 15 is 0 Å². The number of carbonyl (C=O) groups is 8. The molecular formula is C54H80N4O11. The molecule has 3 rings (SSSR count). The summed E-state index contributed by atoms with van der Waals surface area (Å²) in [6.45, 7) is 19.9. The van der Waals surface area contributed by atoms with Crippen molar-refractivity contribution in [2.45, 2.75) is 164 Å². The van der Waals surface area contributed by atoms with Crippen LogP contribution in [0.4, 0.5) is 0 Å². The Bertz CT molecular complexity index is 2050. The molecule has 1 fully saturated rings. The number of ether oxygens (including phenoxy) is 3. The summed E-state index contributed by atoms with van der Waals surface area (Å²) >= 11 is 0. The van der Waals surface area contributed by atoms with Gasteiger partial charge in [0.2, 0.25) is 5.91 Å². The van der Waals surface area contributed by atoms with Gasteiger partial charge in [-0.1, -0.05) is 122 Å². The summed E-state index contributed by atoms with van der Waals surface area (Å²) in [4.78, 5) is 121. The van der Waals surface area contributed by atoms with Crippen molar-refractivity contribution >= 4 is 47.3 Å². The van der Waals surface area contributed by atoms with Gasteiger partial charge in [-0.2, -0.15) is 0 Å². The SMILES string of the molecule is Cc1ccc(CC2OC(=O)C(CC(C)C)N(C)C(=O)C(C)CC(=O)C(CC(C)C)N(C)C(=O)C(Cc3ccccc3)OC(=O)C(CC(C)C)N(C)C(=O)C(C)OC(=O)C(CC(C)C)N(C)C2=O)cc1. The standard InChI is InChI=1S/C54H80N4O11/c1-32(2)25-41-45(59)29-37(10)48(60)56(13)43(27-34(5)6)53(65)69-47(31-40-23-21-36(9)22-24-40)51(63)58(15)42(26-33(3)4)52(64)67-38(11)49(61)57(14)44(28-35(7)8)54(66)68-46(50(62)55(41)12)30-39-19-17-16-18-20-39/h16-24,32-35,37-38,41-44,46-47H,25-31H2,1-15H3. The summed E-state index contributed by atoms with van der Waals surface area (Å²) in [5.74, 6) is -6.98. The van der Waals surface area contributed by atoms with Crippen molar-refractivity contribution in [2.75, 3.05) is 28.2 Å². The Labute approximate surface area is 410 Å². The Kier molecular flexibility index (Phi) is 22.1. The van der Waals surface area contributed by atoms with Gasteiger partial charge < -0.3 is 33.8 Å². The fourth-order valence-electron chi connectivity index (χ4n) is 8.62. The Morgan fingerprint density at radius 3 is 1.23 bits per heavy atom. The third-order valence-corrected chi connectivity index (χ3v) is 12.7. The highest BCUT2D eigenvalue weighted by atomic mass is 16.6. The van der Waals surface area contributed by atoms with Gasteiger partial charge in [0.15, 0.2) is 24.1 Å². The van der Waals surface area contributed by atoms with E-state index in [-0.39, 0.29) is 68.6 Å². The molecule has 8 atom stereocenters. The zero-order valence-corrected chi connectivity index (χ0v) is 43.9. The second-order valence-electron chi connectivity index (χ2n) is 20.8. The molecule has 15 nitrogen and oxygen atoms in total. The van der Waals surface area contributed by atoms with Crippen molar-refractivity contribution in [1.29, 1.82) is 0 Å². The number of nitrogens with zero attached hydrogens (tertiary/aromatic N) is 4. The number of hydrogen-bond acceptors (Lipinski definition) is 11. The molecule has 0 radical (unpaired) electrons. The van der Waals surface area contributed by atoms with Crippen LogP contribution in [-0.4, -0.2) is 138 Å². The predicted octanol–water partition coefficient (Wildman–Crippen LogP) is 6.64. The normalized spacial score (nSPS) is 25.1. The van der Waals surface area contributed by atoms with E-state index in [1.165, 1.54) is 49.8 Å². The Balaban J connectivity index is 2.25. The van der Waals surface area contributed by atoms with Gasteiger partial charge >= 0.3 is 17.9 Å². The molecule has 15 heteroatoms. The molecule has 1 aliphatic rings. The van der Waals surface area contributed by atoms with Crippen LogP contribution in [0.1, 0.15) is 118 Å². The van der Waals surface area contributed by atoms with Gasteiger partial charge in [0, 0.05) is 53.4 Å². The number of aryl methyl sites for hydroxylation is 1. The van der Waals surface area contributed by atoms with Crippen LogP contribution >= 0.6 is 0 Å². The number of Topliss-reactive ketones (excluding diaryl/α,β-unsaturated/α-hetero) is 1. The molecular weight excluding hydrogens is 881 g/mol. The Morgan fingerprint density at radius 1 is 0.464 bits per heavy atom. The number of likely N-dealkylation sites (N-methyl/N-ethyl adjacent to an activating group) is 4. The lowest BCUT2D eigenvalue weighted by molar-refractivity contribution is -0.174. The summed E-state index contributed by atoms with van der Waals surface area (Å²) in [5.41, 5.74) is 2.33. The number of cyclic esters (lactones) is 3. The minimum atomic E-state index is -1.45. The molecule has 1 saturated heterocycles. The second kappa shape index (κ2) is 26.4. The van der Waals surface area contributed by atoms with Crippen molar-refractivity contribution < 1.29 is 52.6 Å². The van der Waals surface area contributed by atoms with Gasteiger partial charge in [0.1, 0.15) is 18.1 Å². The van der Waals surface area contributed by atoms with E-state index in [0.29, 0.717) is 11.1 Å². The van der Waals surface area contributed by atoms with Crippen LogP contribution in [0.25, 0.3) is 0 Å². The highest BCUT2D eigenvalue weighted by Crippen LogP contribution is 2.25. The van der Waals surface area contributed by atoms with E-state index in [0.717, 1.165) is 10.5 Å². The molecule has 0 aliphatic carbocycles. The molecule has 69 heavy (non-hydrogen) atoms. The van der Waals surface area contributed by atoms with Gasteiger partial charge in [-0.3, -0.25) is 24.0 Å². The average Bonchev–Trinajstić information content (AvgIpc) is 3.28. The lowest BCUT2D eigenvalue weighted by Crippen LogP contribution is -2.54. The molecule has 0 aromatic heterocycles. The van der Waals surface area contributed by atoms with Crippen molar-refractivity contribution in [1.82, 2.24) is 19.6 Å². The van der Waals surface area contributed by atoms with Crippen LogP contribution in [0, 0.1) is 36.5 Å². The average molecular weight is 961 g/mol. The van der Waals surface area contributed by atoms with Crippen LogP contribution in [0.3, 0.4) is 0 Å². The van der Waals surface area contributed by atoms with Crippen LogP contribution in [0.15, 0.2) is 54.6 Å². The lowest BCUT2D eigenvalue weighted by atomic mass is 9.91. The molecule has 382 valence electrons. The Morgan fingerprint density at radius 2 is 0.812 bits per heavy atom. The molecule has 8 unspecified atom stereocenters. The summed E-state index contributed by atoms with van der Waals surface area (Å²) in [6.07, 6.45) is -4.02. The molecule has 1 aliphatic heterocycles.